The van der Waals surface area contributed by atoms with Crippen LogP contribution in [0.3, 0.4) is 0 Å². The first kappa shape index (κ1) is 14.6. The summed E-state index contributed by atoms with van der Waals surface area (Å²) in [4.78, 5) is 10.1. The number of hydrogen-bond donors (Lipinski definition) is 0. The Bertz CT molecular complexity index is 214. The molecule has 0 aromatic heterocycles. The summed E-state index contributed by atoms with van der Waals surface area (Å²) in [5, 5.41) is 0.267. The van der Waals surface area contributed by atoms with Crippen LogP contribution < -0.4 is 0 Å². The van der Waals surface area contributed by atoms with E-state index in [0.29, 0.717) is 13.0 Å². The molecule has 0 rings (SSSR count). The summed E-state index contributed by atoms with van der Waals surface area (Å²) in [6.45, 7) is 11.9. The van der Waals surface area contributed by atoms with Gasteiger partial charge in [-0.25, -0.2) is 0 Å². The average molecular weight is 228 g/mol. The first-order chi connectivity index (χ1) is 6.81. The third-order valence-electron chi connectivity index (χ3n) is 2.96. The van der Waals surface area contributed by atoms with Gasteiger partial charge in [0.25, 0.3) is 0 Å². The maximum atomic E-state index is 10.1. The third kappa shape index (κ3) is 5.90. The normalized spacial score (nSPS) is 13.4. The second-order valence-corrected chi connectivity index (χ2v) is 10.1. The molecule has 0 aromatic carbocycles. The van der Waals surface area contributed by atoms with Gasteiger partial charge in [-0.1, -0.05) is 32.9 Å². The zero-order valence-corrected chi connectivity index (χ0v) is 11.7. The third-order valence-corrected chi connectivity index (χ3v) is 7.47. The van der Waals surface area contributed by atoms with Crippen LogP contribution in [0.2, 0.25) is 18.1 Å². The van der Waals surface area contributed by atoms with Gasteiger partial charge in [0.05, 0.1) is 6.61 Å². The summed E-state index contributed by atoms with van der Waals surface area (Å²) in [6.07, 6.45) is 6.41. The molecule has 0 aliphatic heterocycles. The van der Waals surface area contributed by atoms with Crippen molar-refractivity contribution >= 4 is 14.6 Å². The minimum atomic E-state index is -1.59. The smallest absolute Gasteiger partial charge is 0.192 e. The summed E-state index contributed by atoms with van der Waals surface area (Å²) >= 11 is 0. The highest BCUT2D eigenvalue weighted by Crippen LogP contribution is 2.36. The highest BCUT2D eigenvalue weighted by Gasteiger charge is 2.36. The minimum Gasteiger partial charge on any atom is -0.413 e. The van der Waals surface area contributed by atoms with Crippen molar-refractivity contribution in [3.63, 3.8) is 0 Å². The molecule has 0 radical (unpaired) electrons. The molecule has 0 unspecified atom stereocenters. The van der Waals surface area contributed by atoms with Crippen LogP contribution in [0, 0.1) is 0 Å². The van der Waals surface area contributed by atoms with E-state index in [1.807, 2.05) is 12.2 Å². The Labute approximate surface area is 94.8 Å². The van der Waals surface area contributed by atoms with Crippen molar-refractivity contribution in [3.05, 3.63) is 12.2 Å². The number of carbonyl (C=O) groups excluding carboxylic acids is 1. The van der Waals surface area contributed by atoms with Crippen LogP contribution in [-0.2, 0) is 9.22 Å². The van der Waals surface area contributed by atoms with E-state index in [1.54, 1.807) is 0 Å². The fraction of sp³-hybridized carbons (Fsp3) is 0.750. The first-order valence-electron chi connectivity index (χ1n) is 5.54. The molecule has 0 atom stereocenters. The topological polar surface area (TPSA) is 26.3 Å². The standard InChI is InChI=1S/C12H24O2Si/c1-12(2,3)15(4,5)14-11-9-7-6-8-10-13/h7,9-10H,6,8,11H2,1-5H3/b9-7-. The molecule has 0 spiro atoms. The van der Waals surface area contributed by atoms with Crippen molar-refractivity contribution < 1.29 is 9.22 Å². The fourth-order valence-electron chi connectivity index (χ4n) is 0.823. The summed E-state index contributed by atoms with van der Waals surface area (Å²) in [7, 11) is -1.59. The number of unbranched alkanes of at least 4 members (excludes halogenated alkanes) is 1. The Hall–Kier alpha value is -0.413. The molecule has 0 amide bonds. The van der Waals surface area contributed by atoms with E-state index in [9.17, 15) is 4.79 Å². The zero-order chi connectivity index (χ0) is 11.9. The molecule has 0 fully saturated rings. The molecule has 0 saturated heterocycles. The Kier molecular flexibility index (Phi) is 6.06. The zero-order valence-electron chi connectivity index (χ0n) is 10.7. The van der Waals surface area contributed by atoms with E-state index in [-0.39, 0.29) is 5.04 Å². The van der Waals surface area contributed by atoms with Gasteiger partial charge in [-0.2, -0.15) is 0 Å². The summed E-state index contributed by atoms with van der Waals surface area (Å²) < 4.78 is 5.94. The summed E-state index contributed by atoms with van der Waals surface area (Å²) in [5.74, 6) is 0. The minimum absolute atomic E-state index is 0.267. The van der Waals surface area contributed by atoms with Crippen molar-refractivity contribution in [1.29, 1.82) is 0 Å². The number of rotatable bonds is 6. The predicted molar refractivity (Wildman–Crippen MR) is 67.6 cm³/mol. The lowest BCUT2D eigenvalue weighted by atomic mass is 10.2. The number of aldehydes is 1. The molecule has 0 saturated carbocycles. The molecule has 0 bridgehead atoms. The van der Waals surface area contributed by atoms with Gasteiger partial charge in [-0.05, 0) is 24.6 Å². The molecule has 0 aromatic rings. The van der Waals surface area contributed by atoms with Crippen LogP contribution in [0.1, 0.15) is 33.6 Å². The van der Waals surface area contributed by atoms with Crippen molar-refractivity contribution in [1.82, 2.24) is 0 Å². The molecule has 15 heavy (non-hydrogen) atoms. The van der Waals surface area contributed by atoms with Gasteiger partial charge in [-0.3, -0.25) is 0 Å². The van der Waals surface area contributed by atoms with Crippen LogP contribution in [0.15, 0.2) is 12.2 Å². The number of allylic oxidation sites excluding steroid dienone is 1. The lowest BCUT2D eigenvalue weighted by Gasteiger charge is -2.35. The van der Waals surface area contributed by atoms with E-state index in [4.69, 9.17) is 4.43 Å². The Morgan fingerprint density at radius 2 is 1.73 bits per heavy atom. The highest BCUT2D eigenvalue weighted by atomic mass is 28.4. The second kappa shape index (κ2) is 6.23. The number of hydrogen-bond acceptors (Lipinski definition) is 2. The van der Waals surface area contributed by atoms with Crippen LogP contribution in [0.25, 0.3) is 0 Å². The molecule has 0 aliphatic carbocycles. The van der Waals surface area contributed by atoms with Crippen molar-refractivity contribution in [3.8, 4) is 0 Å². The Morgan fingerprint density at radius 1 is 1.13 bits per heavy atom. The molecular weight excluding hydrogens is 204 g/mol. The predicted octanol–water partition coefficient (Wildman–Crippen LogP) is 3.54. The van der Waals surface area contributed by atoms with Gasteiger partial charge in [-0.15, -0.1) is 0 Å². The van der Waals surface area contributed by atoms with Crippen LogP contribution in [-0.4, -0.2) is 21.2 Å². The highest BCUT2D eigenvalue weighted by molar-refractivity contribution is 6.74. The van der Waals surface area contributed by atoms with E-state index in [2.05, 4.69) is 33.9 Å². The van der Waals surface area contributed by atoms with E-state index < -0.39 is 8.32 Å². The van der Waals surface area contributed by atoms with E-state index in [0.717, 1.165) is 12.7 Å². The molecule has 0 heterocycles. The van der Waals surface area contributed by atoms with Gasteiger partial charge in [0.2, 0.25) is 0 Å². The molecule has 2 nitrogen and oxygen atoms in total. The maximum Gasteiger partial charge on any atom is 0.192 e. The van der Waals surface area contributed by atoms with Gasteiger partial charge < -0.3 is 9.22 Å². The van der Waals surface area contributed by atoms with E-state index >= 15 is 0 Å². The first-order valence-corrected chi connectivity index (χ1v) is 8.44. The summed E-state index contributed by atoms with van der Waals surface area (Å²) in [6, 6.07) is 0. The second-order valence-electron chi connectivity index (χ2n) is 5.29. The Morgan fingerprint density at radius 3 is 2.20 bits per heavy atom. The average Bonchev–Trinajstić information content (AvgIpc) is 2.09. The van der Waals surface area contributed by atoms with E-state index in [1.165, 1.54) is 0 Å². The lowest BCUT2D eigenvalue weighted by molar-refractivity contribution is -0.107. The number of carbonyl (C=O) groups is 1. The van der Waals surface area contributed by atoms with Crippen molar-refractivity contribution in [2.45, 2.75) is 51.7 Å². The van der Waals surface area contributed by atoms with Gasteiger partial charge >= 0.3 is 0 Å². The van der Waals surface area contributed by atoms with Gasteiger partial charge in [0, 0.05) is 6.42 Å². The maximum absolute atomic E-state index is 10.1. The molecule has 0 N–H and O–H groups in total. The monoisotopic (exact) mass is 228 g/mol. The molecule has 88 valence electrons. The lowest BCUT2D eigenvalue weighted by Crippen LogP contribution is -2.40. The van der Waals surface area contributed by atoms with Gasteiger partial charge in [0.1, 0.15) is 6.29 Å². The van der Waals surface area contributed by atoms with Crippen molar-refractivity contribution in [2.24, 2.45) is 0 Å². The largest absolute Gasteiger partial charge is 0.413 e. The van der Waals surface area contributed by atoms with Crippen LogP contribution in [0.4, 0.5) is 0 Å². The quantitative estimate of drug-likeness (QED) is 0.301. The molecule has 3 heteroatoms. The fourth-order valence-corrected chi connectivity index (χ4v) is 1.77. The van der Waals surface area contributed by atoms with Crippen LogP contribution in [0.5, 0.6) is 0 Å². The van der Waals surface area contributed by atoms with Crippen LogP contribution >= 0.6 is 0 Å². The summed E-state index contributed by atoms with van der Waals surface area (Å²) in [5.41, 5.74) is 0. The van der Waals surface area contributed by atoms with Crippen molar-refractivity contribution in [2.75, 3.05) is 6.61 Å². The Balaban J connectivity index is 3.85. The molecular formula is C12H24O2Si. The SMILES string of the molecule is CC(C)(C)[Si](C)(C)OC/C=C\CCC=O. The van der Waals surface area contributed by atoms with Gasteiger partial charge in [0.15, 0.2) is 8.32 Å². The molecule has 0 aliphatic rings.